The molecule has 1 unspecified atom stereocenters. The minimum Gasteiger partial charge on any atom is -0.441 e. The molecule has 3 saturated heterocycles. The Hall–Kier alpha value is -0.850. The zero-order valence-electron chi connectivity index (χ0n) is 12.2. The van der Waals surface area contributed by atoms with Crippen molar-refractivity contribution in [2.45, 2.75) is 31.5 Å². The zero-order chi connectivity index (χ0) is 14.0. The van der Waals surface area contributed by atoms with E-state index in [2.05, 4.69) is 4.90 Å². The number of carbonyl (C=O) groups excluding carboxylic acids is 1. The van der Waals surface area contributed by atoms with Gasteiger partial charge in [0, 0.05) is 39.0 Å². The van der Waals surface area contributed by atoms with E-state index in [0.29, 0.717) is 19.8 Å². The second kappa shape index (κ2) is 5.87. The van der Waals surface area contributed by atoms with Gasteiger partial charge in [-0.05, 0) is 6.92 Å². The summed E-state index contributed by atoms with van der Waals surface area (Å²) >= 11 is 0. The molecule has 0 aromatic carbocycles. The highest BCUT2D eigenvalue weighted by Gasteiger charge is 2.46. The third kappa shape index (κ3) is 2.92. The SMILES string of the molecule is CCN1CC2(CCN(CC3COCCO3)CC2)OC1=O. The molecule has 6 heteroatoms. The molecule has 1 amide bonds. The first-order valence-electron chi connectivity index (χ1n) is 7.60. The monoisotopic (exact) mass is 284 g/mol. The number of rotatable bonds is 3. The fraction of sp³-hybridized carbons (Fsp3) is 0.929. The summed E-state index contributed by atoms with van der Waals surface area (Å²) in [6, 6.07) is 0. The maximum atomic E-state index is 11.7. The first kappa shape index (κ1) is 14.1. The average Bonchev–Trinajstić information content (AvgIpc) is 2.79. The van der Waals surface area contributed by atoms with E-state index in [-0.39, 0.29) is 17.8 Å². The lowest BCUT2D eigenvalue weighted by Gasteiger charge is -2.39. The molecule has 3 rings (SSSR count). The summed E-state index contributed by atoms with van der Waals surface area (Å²) in [5.74, 6) is 0. The molecule has 3 heterocycles. The van der Waals surface area contributed by atoms with Gasteiger partial charge in [0.15, 0.2) is 0 Å². The van der Waals surface area contributed by atoms with Gasteiger partial charge in [0.25, 0.3) is 0 Å². The van der Waals surface area contributed by atoms with Crippen molar-refractivity contribution in [1.29, 1.82) is 0 Å². The van der Waals surface area contributed by atoms with Crippen molar-refractivity contribution < 1.29 is 19.0 Å². The van der Waals surface area contributed by atoms with Crippen LogP contribution in [-0.2, 0) is 14.2 Å². The van der Waals surface area contributed by atoms with Crippen LogP contribution in [0.4, 0.5) is 4.79 Å². The summed E-state index contributed by atoms with van der Waals surface area (Å²) in [5.41, 5.74) is -0.243. The number of carbonyl (C=O) groups is 1. The Morgan fingerprint density at radius 1 is 1.30 bits per heavy atom. The normalized spacial score (nSPS) is 30.8. The molecule has 6 nitrogen and oxygen atoms in total. The summed E-state index contributed by atoms with van der Waals surface area (Å²) < 4.78 is 16.8. The number of hydrogen-bond donors (Lipinski definition) is 0. The third-order valence-electron chi connectivity index (χ3n) is 4.54. The van der Waals surface area contributed by atoms with Crippen molar-refractivity contribution in [2.75, 3.05) is 52.5 Å². The summed E-state index contributed by atoms with van der Waals surface area (Å²) in [4.78, 5) is 15.9. The second-order valence-corrected chi connectivity index (χ2v) is 5.93. The van der Waals surface area contributed by atoms with Gasteiger partial charge in [-0.2, -0.15) is 0 Å². The molecule has 0 N–H and O–H groups in total. The molecule has 1 spiro atoms. The molecule has 20 heavy (non-hydrogen) atoms. The maximum Gasteiger partial charge on any atom is 0.410 e. The van der Waals surface area contributed by atoms with Gasteiger partial charge >= 0.3 is 6.09 Å². The number of nitrogens with zero attached hydrogens (tertiary/aromatic N) is 2. The number of amides is 1. The predicted octanol–water partition coefficient (Wildman–Crippen LogP) is 0.709. The molecule has 3 aliphatic rings. The standard InChI is InChI=1S/C14H24N2O4/c1-2-16-11-14(20-13(16)17)3-5-15(6-4-14)9-12-10-18-7-8-19-12/h12H,2-11H2,1H3. The smallest absolute Gasteiger partial charge is 0.410 e. The van der Waals surface area contributed by atoms with Crippen LogP contribution in [0.1, 0.15) is 19.8 Å². The molecular weight excluding hydrogens is 260 g/mol. The second-order valence-electron chi connectivity index (χ2n) is 5.93. The lowest BCUT2D eigenvalue weighted by molar-refractivity contribution is -0.103. The Balaban J connectivity index is 1.48. The van der Waals surface area contributed by atoms with Crippen molar-refractivity contribution in [2.24, 2.45) is 0 Å². The third-order valence-corrected chi connectivity index (χ3v) is 4.54. The fourth-order valence-corrected chi connectivity index (χ4v) is 3.27. The number of piperidine rings is 1. The van der Waals surface area contributed by atoms with Gasteiger partial charge < -0.3 is 24.0 Å². The van der Waals surface area contributed by atoms with Gasteiger partial charge in [-0.1, -0.05) is 0 Å². The molecule has 114 valence electrons. The summed E-state index contributed by atoms with van der Waals surface area (Å²) in [6.07, 6.45) is 1.88. The molecule has 0 saturated carbocycles. The Morgan fingerprint density at radius 3 is 2.70 bits per heavy atom. The number of likely N-dealkylation sites (tertiary alicyclic amines) is 1. The lowest BCUT2D eigenvalue weighted by Crippen LogP contribution is -2.50. The largest absolute Gasteiger partial charge is 0.441 e. The maximum absolute atomic E-state index is 11.7. The van der Waals surface area contributed by atoms with Crippen molar-refractivity contribution in [3.05, 3.63) is 0 Å². The van der Waals surface area contributed by atoms with Gasteiger partial charge in [0.1, 0.15) is 5.60 Å². The van der Waals surface area contributed by atoms with Crippen LogP contribution in [0.15, 0.2) is 0 Å². The van der Waals surface area contributed by atoms with Crippen LogP contribution in [0.5, 0.6) is 0 Å². The Kier molecular flexibility index (Phi) is 4.14. The predicted molar refractivity (Wildman–Crippen MR) is 72.7 cm³/mol. The Bertz CT molecular complexity index is 349. The molecule has 0 aliphatic carbocycles. The number of hydrogen-bond acceptors (Lipinski definition) is 5. The van der Waals surface area contributed by atoms with Gasteiger partial charge in [-0.15, -0.1) is 0 Å². The summed E-state index contributed by atoms with van der Waals surface area (Å²) in [7, 11) is 0. The number of ether oxygens (including phenoxy) is 3. The van der Waals surface area contributed by atoms with Crippen LogP contribution < -0.4 is 0 Å². The van der Waals surface area contributed by atoms with Crippen molar-refractivity contribution in [3.63, 3.8) is 0 Å². The Morgan fingerprint density at radius 2 is 2.10 bits per heavy atom. The summed E-state index contributed by atoms with van der Waals surface area (Å²) in [6.45, 7) is 8.43. The van der Waals surface area contributed by atoms with Crippen molar-refractivity contribution >= 4 is 6.09 Å². The van der Waals surface area contributed by atoms with Gasteiger partial charge in [-0.3, -0.25) is 0 Å². The average molecular weight is 284 g/mol. The van der Waals surface area contributed by atoms with E-state index in [1.165, 1.54) is 0 Å². The summed E-state index contributed by atoms with van der Waals surface area (Å²) in [5, 5.41) is 0. The van der Waals surface area contributed by atoms with E-state index in [1.807, 2.05) is 6.92 Å². The molecule has 0 aromatic rings. The highest BCUT2D eigenvalue weighted by atomic mass is 16.6. The van der Waals surface area contributed by atoms with Gasteiger partial charge in [0.05, 0.1) is 32.5 Å². The molecule has 3 aliphatic heterocycles. The highest BCUT2D eigenvalue weighted by Crippen LogP contribution is 2.33. The molecule has 3 fully saturated rings. The van der Waals surface area contributed by atoms with Crippen LogP contribution in [-0.4, -0.2) is 80.1 Å². The lowest BCUT2D eigenvalue weighted by atomic mass is 9.91. The van der Waals surface area contributed by atoms with Gasteiger partial charge in [-0.25, -0.2) is 4.79 Å². The van der Waals surface area contributed by atoms with E-state index < -0.39 is 0 Å². The van der Waals surface area contributed by atoms with Gasteiger partial charge in [0.2, 0.25) is 0 Å². The first-order chi connectivity index (χ1) is 9.71. The van der Waals surface area contributed by atoms with Crippen LogP contribution in [0, 0.1) is 0 Å². The van der Waals surface area contributed by atoms with Crippen LogP contribution >= 0.6 is 0 Å². The van der Waals surface area contributed by atoms with Crippen molar-refractivity contribution in [1.82, 2.24) is 9.80 Å². The minimum absolute atomic E-state index is 0.148. The first-order valence-corrected chi connectivity index (χ1v) is 7.60. The molecule has 1 atom stereocenters. The number of likely N-dealkylation sites (N-methyl/N-ethyl adjacent to an activating group) is 1. The van der Waals surface area contributed by atoms with Crippen LogP contribution in [0.2, 0.25) is 0 Å². The quantitative estimate of drug-likeness (QED) is 0.764. The van der Waals surface area contributed by atoms with Crippen LogP contribution in [0.3, 0.4) is 0 Å². The minimum atomic E-state index is -0.243. The van der Waals surface area contributed by atoms with E-state index in [1.54, 1.807) is 4.90 Å². The zero-order valence-corrected chi connectivity index (χ0v) is 12.2. The highest BCUT2D eigenvalue weighted by molar-refractivity contribution is 5.70. The fourth-order valence-electron chi connectivity index (χ4n) is 3.27. The Labute approximate surface area is 119 Å². The van der Waals surface area contributed by atoms with Crippen molar-refractivity contribution in [3.8, 4) is 0 Å². The molecule has 0 bridgehead atoms. The van der Waals surface area contributed by atoms with E-state index in [9.17, 15) is 4.79 Å². The van der Waals surface area contributed by atoms with E-state index in [4.69, 9.17) is 14.2 Å². The van der Waals surface area contributed by atoms with E-state index in [0.717, 1.165) is 45.6 Å². The topological polar surface area (TPSA) is 51.2 Å². The molecular formula is C14H24N2O4. The molecule has 0 radical (unpaired) electrons. The molecule has 0 aromatic heterocycles. The van der Waals surface area contributed by atoms with E-state index >= 15 is 0 Å². The van der Waals surface area contributed by atoms with Crippen LogP contribution in [0.25, 0.3) is 0 Å².